The molecule has 0 spiro atoms. The normalized spacial score (nSPS) is 28.3. The Hall–Kier alpha value is -1.07. The van der Waals surface area contributed by atoms with E-state index < -0.39 is 18.4 Å². The van der Waals surface area contributed by atoms with Crippen LogP contribution < -0.4 is 0 Å². The molecule has 1 aliphatic rings. The maximum absolute atomic E-state index is 13.0. The van der Waals surface area contributed by atoms with Gasteiger partial charge in [0.05, 0.1) is 0 Å². The molecule has 5 heteroatoms. The first-order valence-electron chi connectivity index (χ1n) is 8.57. The van der Waals surface area contributed by atoms with E-state index >= 15 is 0 Å². The number of hydrogen-bond donors (Lipinski definition) is 0. The van der Waals surface area contributed by atoms with Gasteiger partial charge in [0, 0.05) is 12.5 Å². The van der Waals surface area contributed by atoms with Crippen LogP contribution in [0.15, 0.2) is 24.3 Å². The Labute approximate surface area is 143 Å². The summed E-state index contributed by atoms with van der Waals surface area (Å²) in [6.07, 6.45) is -1.52. The third-order valence-electron chi connectivity index (χ3n) is 5.06. The fraction of sp³-hybridized carbons (Fsp3) is 0.684. The van der Waals surface area contributed by atoms with Gasteiger partial charge in [0.15, 0.2) is 0 Å². The minimum absolute atomic E-state index is 0.0420. The summed E-state index contributed by atoms with van der Waals surface area (Å²) in [5.74, 6) is 0.0840. The van der Waals surface area contributed by atoms with Crippen molar-refractivity contribution in [3.63, 3.8) is 0 Å². The van der Waals surface area contributed by atoms with Gasteiger partial charge in [-0.15, -0.1) is 0 Å². The van der Waals surface area contributed by atoms with Gasteiger partial charge in [0.1, 0.15) is 12.2 Å². The summed E-state index contributed by atoms with van der Waals surface area (Å²) in [6, 6.07) is 7.79. The van der Waals surface area contributed by atoms with E-state index in [1.54, 1.807) is 0 Å². The van der Waals surface area contributed by atoms with Crippen molar-refractivity contribution >= 4 is 0 Å². The molecule has 0 amide bonds. The van der Waals surface area contributed by atoms with Gasteiger partial charge in [-0.25, -0.2) is 0 Å². The van der Waals surface area contributed by atoms with Crippen molar-refractivity contribution in [1.29, 1.82) is 0 Å². The van der Waals surface area contributed by atoms with Gasteiger partial charge >= 0.3 is 6.18 Å². The van der Waals surface area contributed by atoms with Crippen molar-refractivity contribution in [3.05, 3.63) is 35.4 Å². The molecule has 2 nitrogen and oxygen atoms in total. The molecule has 1 saturated carbocycles. The maximum Gasteiger partial charge on any atom is 0.411 e. The van der Waals surface area contributed by atoms with Crippen LogP contribution >= 0.6 is 0 Å². The van der Waals surface area contributed by atoms with Crippen molar-refractivity contribution in [2.45, 2.75) is 44.9 Å². The summed E-state index contributed by atoms with van der Waals surface area (Å²) in [5, 5.41) is 0. The van der Waals surface area contributed by atoms with E-state index in [1.807, 2.05) is 57.1 Å². The Balaban J connectivity index is 2.48. The van der Waals surface area contributed by atoms with Gasteiger partial charge in [0.2, 0.25) is 0 Å². The highest BCUT2D eigenvalue weighted by Crippen LogP contribution is 2.49. The minimum atomic E-state index is -4.32. The molecule has 136 valence electrons. The first-order valence-corrected chi connectivity index (χ1v) is 8.57. The number of ether oxygens (including phenoxy) is 1. The van der Waals surface area contributed by atoms with Gasteiger partial charge in [-0.05, 0) is 45.3 Å². The van der Waals surface area contributed by atoms with Gasteiger partial charge < -0.3 is 9.64 Å². The molecule has 24 heavy (non-hydrogen) atoms. The smallest absolute Gasteiger partial charge is 0.360 e. The van der Waals surface area contributed by atoms with E-state index in [9.17, 15) is 13.2 Å². The Morgan fingerprint density at radius 1 is 1.25 bits per heavy atom. The number of hydrogen-bond acceptors (Lipinski definition) is 2. The molecule has 0 saturated heterocycles. The highest BCUT2D eigenvalue weighted by atomic mass is 19.4. The Morgan fingerprint density at radius 2 is 1.96 bits per heavy atom. The molecule has 0 N–H and O–H groups in total. The predicted molar refractivity (Wildman–Crippen MR) is 89.9 cm³/mol. The molecular formula is C19H28F3NO. The highest BCUT2D eigenvalue weighted by molar-refractivity contribution is 5.30. The highest BCUT2D eigenvalue weighted by Gasteiger charge is 2.50. The molecule has 0 aromatic heterocycles. The molecule has 3 unspecified atom stereocenters. The van der Waals surface area contributed by atoms with Crippen LogP contribution in [0, 0.1) is 18.8 Å². The molecule has 1 fully saturated rings. The lowest BCUT2D eigenvalue weighted by molar-refractivity contribution is -0.239. The van der Waals surface area contributed by atoms with E-state index in [2.05, 4.69) is 0 Å². The zero-order valence-electron chi connectivity index (χ0n) is 15.0. The molecule has 1 aliphatic carbocycles. The Bertz CT molecular complexity index is 544. The summed E-state index contributed by atoms with van der Waals surface area (Å²) in [5.41, 5.74) is 1.04. The average Bonchev–Trinajstić information content (AvgIpc) is 2.45. The van der Waals surface area contributed by atoms with Gasteiger partial charge in [-0.1, -0.05) is 43.2 Å². The number of nitrogens with zero attached hydrogens (tertiary/aromatic N) is 1. The zero-order chi connectivity index (χ0) is 18.0. The van der Waals surface area contributed by atoms with Crippen molar-refractivity contribution in [3.8, 4) is 0 Å². The van der Waals surface area contributed by atoms with Crippen molar-refractivity contribution in [2.24, 2.45) is 11.8 Å². The van der Waals surface area contributed by atoms with E-state index in [0.717, 1.165) is 36.9 Å². The third kappa shape index (κ3) is 4.31. The van der Waals surface area contributed by atoms with Crippen LogP contribution in [-0.4, -0.2) is 38.3 Å². The molecular weight excluding hydrogens is 315 g/mol. The van der Waals surface area contributed by atoms with Crippen LogP contribution in [0.1, 0.15) is 37.3 Å². The minimum Gasteiger partial charge on any atom is -0.360 e. The van der Waals surface area contributed by atoms with Gasteiger partial charge in [0.25, 0.3) is 0 Å². The van der Waals surface area contributed by atoms with Gasteiger partial charge in [-0.2, -0.15) is 13.2 Å². The average molecular weight is 343 g/mol. The van der Waals surface area contributed by atoms with Crippen LogP contribution in [0.3, 0.4) is 0 Å². The molecule has 3 atom stereocenters. The van der Waals surface area contributed by atoms with Crippen LogP contribution in [-0.2, 0) is 10.3 Å². The molecule has 2 rings (SSSR count). The summed E-state index contributed by atoms with van der Waals surface area (Å²) in [4.78, 5) is 2.05. The van der Waals surface area contributed by atoms with Crippen LogP contribution in [0.4, 0.5) is 13.2 Å². The summed E-state index contributed by atoms with van der Waals surface area (Å²) >= 11 is 0. The zero-order valence-corrected chi connectivity index (χ0v) is 15.0. The second-order valence-electron chi connectivity index (χ2n) is 7.36. The SMILES string of the molecule is Cc1cccc(C2(OCC(F)(F)F)C(C)CCCC2CN(C)C)c1. The quantitative estimate of drug-likeness (QED) is 0.764. The maximum atomic E-state index is 13.0. The van der Waals surface area contributed by atoms with E-state index in [4.69, 9.17) is 4.74 Å². The van der Waals surface area contributed by atoms with Crippen molar-refractivity contribution < 1.29 is 17.9 Å². The number of alkyl halides is 3. The molecule has 0 radical (unpaired) electrons. The Morgan fingerprint density at radius 3 is 2.54 bits per heavy atom. The first kappa shape index (κ1) is 19.3. The number of benzene rings is 1. The fourth-order valence-corrected chi connectivity index (χ4v) is 4.12. The number of rotatable bonds is 5. The monoisotopic (exact) mass is 343 g/mol. The number of aryl methyl sites for hydroxylation is 1. The summed E-state index contributed by atoms with van der Waals surface area (Å²) in [6.45, 7) is 3.52. The first-order chi connectivity index (χ1) is 11.1. The van der Waals surface area contributed by atoms with Crippen LogP contribution in [0.5, 0.6) is 0 Å². The van der Waals surface area contributed by atoms with Crippen LogP contribution in [0.2, 0.25) is 0 Å². The predicted octanol–water partition coefficient (Wildman–Crippen LogP) is 4.77. The third-order valence-corrected chi connectivity index (χ3v) is 5.06. The lowest BCUT2D eigenvalue weighted by Gasteiger charge is -2.49. The largest absolute Gasteiger partial charge is 0.411 e. The van der Waals surface area contributed by atoms with E-state index in [1.165, 1.54) is 0 Å². The second kappa shape index (κ2) is 7.44. The standard InChI is InChI=1S/C19H28F3NO/c1-14-7-5-9-16(11-14)19(24-13-18(20,21)22)15(2)8-6-10-17(19)12-23(3)4/h5,7,9,11,15,17H,6,8,10,12-13H2,1-4H3. The molecule has 1 aromatic carbocycles. The number of halogens is 3. The van der Waals surface area contributed by atoms with Gasteiger partial charge in [-0.3, -0.25) is 0 Å². The molecule has 0 heterocycles. The van der Waals surface area contributed by atoms with E-state index in [0.29, 0.717) is 0 Å². The molecule has 1 aromatic rings. The Kier molecular flexibility index (Phi) is 5.97. The molecule has 0 aliphatic heterocycles. The van der Waals surface area contributed by atoms with E-state index in [-0.39, 0.29) is 11.8 Å². The molecule has 0 bridgehead atoms. The van der Waals surface area contributed by atoms with Crippen molar-refractivity contribution in [2.75, 3.05) is 27.2 Å². The second-order valence-corrected chi connectivity index (χ2v) is 7.36. The topological polar surface area (TPSA) is 12.5 Å². The van der Waals surface area contributed by atoms with Crippen LogP contribution in [0.25, 0.3) is 0 Å². The summed E-state index contributed by atoms with van der Waals surface area (Å²) < 4.78 is 44.6. The lowest BCUT2D eigenvalue weighted by atomic mass is 9.65. The van der Waals surface area contributed by atoms with Crippen molar-refractivity contribution in [1.82, 2.24) is 4.90 Å². The lowest BCUT2D eigenvalue weighted by Crippen LogP contribution is -2.51. The summed E-state index contributed by atoms with van der Waals surface area (Å²) in [7, 11) is 3.92. The fourth-order valence-electron chi connectivity index (χ4n) is 4.12.